The van der Waals surface area contributed by atoms with Gasteiger partial charge in [0.05, 0.1) is 0 Å². The first kappa shape index (κ1) is 18.0. The van der Waals surface area contributed by atoms with Gasteiger partial charge in [0.2, 0.25) is 0 Å². The minimum absolute atomic E-state index is 0.174. The largest absolute Gasteiger partial charge is 0.381 e. The van der Waals surface area contributed by atoms with Gasteiger partial charge in [0.1, 0.15) is 0 Å². The van der Waals surface area contributed by atoms with Gasteiger partial charge in [-0.15, -0.1) is 0 Å². The zero-order valence-electron chi connectivity index (χ0n) is 15.6. The smallest absolute Gasteiger partial charge is 0.317 e. The summed E-state index contributed by atoms with van der Waals surface area (Å²) in [5, 5.41) is 3.30. The number of rotatable bonds is 3. The van der Waals surface area contributed by atoms with E-state index < -0.39 is 0 Å². The van der Waals surface area contributed by atoms with Crippen molar-refractivity contribution in [1.82, 2.24) is 15.1 Å². The van der Waals surface area contributed by atoms with Crippen molar-refractivity contribution in [2.45, 2.75) is 57.4 Å². The van der Waals surface area contributed by atoms with E-state index in [1.165, 1.54) is 32.2 Å². The molecule has 1 saturated carbocycles. The monoisotopic (exact) mass is 337 g/mol. The first-order valence-corrected chi connectivity index (χ1v) is 9.84. The molecular weight excluding hydrogens is 302 g/mol. The van der Waals surface area contributed by atoms with Crippen LogP contribution in [0.15, 0.2) is 0 Å². The number of urea groups is 1. The predicted octanol–water partition coefficient (Wildman–Crippen LogP) is 2.71. The van der Waals surface area contributed by atoms with Crippen LogP contribution in [-0.4, -0.2) is 68.8 Å². The molecule has 0 atom stereocenters. The highest BCUT2D eigenvalue weighted by molar-refractivity contribution is 5.74. The third-order valence-electron chi connectivity index (χ3n) is 6.46. The van der Waals surface area contributed by atoms with Gasteiger partial charge >= 0.3 is 6.03 Å². The van der Waals surface area contributed by atoms with Crippen molar-refractivity contribution >= 4 is 6.03 Å². The second kappa shape index (κ2) is 8.05. The molecule has 1 spiro atoms. The maximum absolute atomic E-state index is 12.6. The molecule has 0 aromatic heterocycles. The molecule has 138 valence electrons. The molecule has 24 heavy (non-hydrogen) atoms. The van der Waals surface area contributed by atoms with Gasteiger partial charge in [0.15, 0.2) is 0 Å². The number of nitrogens with zero attached hydrogens (tertiary/aromatic N) is 2. The summed E-state index contributed by atoms with van der Waals surface area (Å²) < 4.78 is 5.51. The molecule has 0 aromatic rings. The normalized spacial score (nSPS) is 30.5. The van der Waals surface area contributed by atoms with Gasteiger partial charge < -0.3 is 19.9 Å². The third-order valence-corrected chi connectivity index (χ3v) is 6.46. The van der Waals surface area contributed by atoms with Crippen molar-refractivity contribution in [3.8, 4) is 0 Å². The number of amides is 2. The molecule has 2 heterocycles. The van der Waals surface area contributed by atoms with Gasteiger partial charge in [-0.1, -0.05) is 0 Å². The molecule has 1 aliphatic carbocycles. The number of carbonyl (C=O) groups is 1. The van der Waals surface area contributed by atoms with Crippen molar-refractivity contribution in [2.75, 3.05) is 46.9 Å². The van der Waals surface area contributed by atoms with Gasteiger partial charge in [0, 0.05) is 38.9 Å². The summed E-state index contributed by atoms with van der Waals surface area (Å²) in [6.45, 7) is 4.83. The van der Waals surface area contributed by atoms with E-state index in [9.17, 15) is 4.79 Å². The minimum Gasteiger partial charge on any atom is -0.381 e. The number of likely N-dealkylation sites (tertiary alicyclic amines) is 1. The van der Waals surface area contributed by atoms with E-state index in [-0.39, 0.29) is 6.03 Å². The first-order chi connectivity index (χ1) is 11.6. The molecule has 2 aliphatic heterocycles. The maximum atomic E-state index is 12.6. The maximum Gasteiger partial charge on any atom is 0.317 e. The fraction of sp³-hybridized carbons (Fsp3) is 0.947. The van der Waals surface area contributed by atoms with Crippen LogP contribution in [0.1, 0.15) is 51.4 Å². The second-order valence-corrected chi connectivity index (χ2v) is 8.53. The molecule has 5 nitrogen and oxygen atoms in total. The summed E-state index contributed by atoms with van der Waals surface area (Å²) >= 11 is 0. The summed E-state index contributed by atoms with van der Waals surface area (Å²) in [6.07, 6.45) is 9.42. The molecule has 0 bridgehead atoms. The summed E-state index contributed by atoms with van der Waals surface area (Å²) in [6, 6.07) is 0.558. The number of ether oxygens (including phenoxy) is 1. The number of hydrogen-bond donors (Lipinski definition) is 1. The molecule has 1 N–H and O–H groups in total. The molecule has 0 unspecified atom stereocenters. The highest BCUT2D eigenvalue weighted by Gasteiger charge is 2.37. The van der Waals surface area contributed by atoms with Crippen LogP contribution >= 0.6 is 0 Å². The Labute approximate surface area is 147 Å². The second-order valence-electron chi connectivity index (χ2n) is 8.53. The standard InChI is InChI=1S/C19H35N3O2/c1-21(2)15-16-3-5-17(6-4-16)20-18(23)22-11-7-19(8-12-22)9-13-24-14-10-19/h16-17H,3-15H2,1-2H3,(H,20,23). The fourth-order valence-electron chi connectivity index (χ4n) is 4.76. The van der Waals surface area contributed by atoms with Gasteiger partial charge in [-0.2, -0.15) is 0 Å². The number of hydrogen-bond acceptors (Lipinski definition) is 3. The average molecular weight is 338 g/mol. The van der Waals surface area contributed by atoms with Crippen LogP contribution in [0.5, 0.6) is 0 Å². The zero-order valence-corrected chi connectivity index (χ0v) is 15.6. The highest BCUT2D eigenvalue weighted by atomic mass is 16.5. The lowest BCUT2D eigenvalue weighted by molar-refractivity contribution is -0.0147. The van der Waals surface area contributed by atoms with Crippen LogP contribution in [-0.2, 0) is 4.74 Å². The number of nitrogens with one attached hydrogen (secondary N) is 1. The Morgan fingerprint density at radius 1 is 1.08 bits per heavy atom. The van der Waals surface area contributed by atoms with Crippen molar-refractivity contribution in [1.29, 1.82) is 0 Å². The van der Waals surface area contributed by atoms with E-state index in [1.54, 1.807) is 0 Å². The van der Waals surface area contributed by atoms with Crippen molar-refractivity contribution in [2.24, 2.45) is 11.3 Å². The quantitative estimate of drug-likeness (QED) is 0.861. The number of carbonyl (C=O) groups excluding carboxylic acids is 1. The van der Waals surface area contributed by atoms with Crippen LogP contribution in [0.25, 0.3) is 0 Å². The Hall–Kier alpha value is -0.810. The van der Waals surface area contributed by atoms with E-state index in [0.717, 1.165) is 57.9 Å². The average Bonchev–Trinajstić information content (AvgIpc) is 2.57. The molecular formula is C19H35N3O2. The van der Waals surface area contributed by atoms with Crippen LogP contribution in [0, 0.1) is 11.3 Å². The Morgan fingerprint density at radius 3 is 2.29 bits per heavy atom. The molecule has 5 heteroatoms. The summed E-state index contributed by atoms with van der Waals surface area (Å²) in [4.78, 5) is 16.9. The fourth-order valence-corrected chi connectivity index (χ4v) is 4.76. The van der Waals surface area contributed by atoms with Crippen molar-refractivity contribution in [3.05, 3.63) is 0 Å². The minimum atomic E-state index is 0.174. The van der Waals surface area contributed by atoms with E-state index >= 15 is 0 Å². The molecule has 3 aliphatic rings. The van der Waals surface area contributed by atoms with Crippen molar-refractivity contribution < 1.29 is 9.53 Å². The molecule has 3 rings (SSSR count). The Balaban J connectivity index is 1.39. The lowest BCUT2D eigenvalue weighted by Crippen LogP contribution is -2.51. The van der Waals surface area contributed by atoms with Crippen LogP contribution in [0.4, 0.5) is 4.79 Å². The van der Waals surface area contributed by atoms with E-state index in [4.69, 9.17) is 4.74 Å². The number of piperidine rings is 1. The lowest BCUT2D eigenvalue weighted by atomic mass is 9.72. The van der Waals surface area contributed by atoms with E-state index in [0.29, 0.717) is 11.5 Å². The van der Waals surface area contributed by atoms with Crippen LogP contribution in [0.3, 0.4) is 0 Å². The highest BCUT2D eigenvalue weighted by Crippen LogP contribution is 2.40. The van der Waals surface area contributed by atoms with E-state index in [1.807, 2.05) is 4.90 Å². The van der Waals surface area contributed by atoms with Gasteiger partial charge in [-0.25, -0.2) is 4.79 Å². The molecule has 3 fully saturated rings. The van der Waals surface area contributed by atoms with Gasteiger partial charge in [-0.3, -0.25) is 0 Å². The third kappa shape index (κ3) is 4.63. The SMILES string of the molecule is CN(C)CC1CCC(NC(=O)N2CCC3(CCOCC3)CC2)CC1. The van der Waals surface area contributed by atoms with Gasteiger partial charge in [-0.05, 0) is 76.8 Å². The summed E-state index contributed by atoms with van der Waals surface area (Å²) in [5.74, 6) is 0.802. The first-order valence-electron chi connectivity index (χ1n) is 9.84. The summed E-state index contributed by atoms with van der Waals surface area (Å²) in [5.41, 5.74) is 0.458. The Morgan fingerprint density at radius 2 is 1.71 bits per heavy atom. The zero-order chi connectivity index (χ0) is 17.0. The van der Waals surface area contributed by atoms with Crippen LogP contribution in [0.2, 0.25) is 0 Å². The predicted molar refractivity (Wildman–Crippen MR) is 96.1 cm³/mol. The Kier molecular flexibility index (Phi) is 6.03. The van der Waals surface area contributed by atoms with E-state index in [2.05, 4.69) is 24.3 Å². The topological polar surface area (TPSA) is 44.8 Å². The Bertz CT molecular complexity index is 403. The molecule has 2 saturated heterocycles. The lowest BCUT2D eigenvalue weighted by Gasteiger charge is -2.44. The van der Waals surface area contributed by atoms with Crippen LogP contribution < -0.4 is 5.32 Å². The summed E-state index contributed by atoms with van der Waals surface area (Å²) in [7, 11) is 4.30. The van der Waals surface area contributed by atoms with Crippen molar-refractivity contribution in [3.63, 3.8) is 0 Å². The molecule has 0 radical (unpaired) electrons. The molecule has 2 amide bonds. The van der Waals surface area contributed by atoms with Gasteiger partial charge in [0.25, 0.3) is 0 Å². The molecule has 0 aromatic carbocycles.